The molecule has 0 bridgehead atoms. The van der Waals surface area contributed by atoms with Gasteiger partial charge in [0.25, 0.3) is 0 Å². The molecule has 1 saturated heterocycles. The second-order valence-electron chi connectivity index (χ2n) is 5.28. The highest BCUT2D eigenvalue weighted by atomic mass is 15.1. The highest BCUT2D eigenvalue weighted by molar-refractivity contribution is 5.85. The average molecular weight is 240 g/mol. The van der Waals surface area contributed by atoms with Crippen molar-refractivity contribution in [2.45, 2.75) is 25.4 Å². The lowest BCUT2D eigenvalue weighted by atomic mass is 10.0. The van der Waals surface area contributed by atoms with Crippen LogP contribution in [0.1, 0.15) is 18.4 Å². The van der Waals surface area contributed by atoms with Gasteiger partial charge in [-0.25, -0.2) is 0 Å². The molecule has 0 saturated carbocycles. The predicted molar refractivity (Wildman–Crippen MR) is 76.4 cm³/mol. The third-order valence-corrected chi connectivity index (χ3v) is 3.82. The standard InChI is InChI=1S/C16H20N2/c17-15-8-4-10-18(12-15)11-14-7-3-6-13-5-1-2-9-16(13)14/h1-3,5-7,9,15H,4,8,10-12,17H2. The predicted octanol–water partition coefficient (Wildman–Crippen LogP) is 2.76. The van der Waals surface area contributed by atoms with Gasteiger partial charge >= 0.3 is 0 Å². The monoisotopic (exact) mass is 240 g/mol. The summed E-state index contributed by atoms with van der Waals surface area (Å²) in [6.45, 7) is 3.23. The van der Waals surface area contributed by atoms with E-state index in [0.29, 0.717) is 6.04 Å². The number of hydrogen-bond donors (Lipinski definition) is 1. The quantitative estimate of drug-likeness (QED) is 0.874. The van der Waals surface area contributed by atoms with Crippen LogP contribution in [0.4, 0.5) is 0 Å². The number of nitrogens with zero attached hydrogens (tertiary/aromatic N) is 1. The number of hydrogen-bond acceptors (Lipinski definition) is 2. The Balaban J connectivity index is 1.86. The van der Waals surface area contributed by atoms with E-state index < -0.39 is 0 Å². The van der Waals surface area contributed by atoms with Crippen LogP contribution in [0.25, 0.3) is 10.8 Å². The van der Waals surface area contributed by atoms with Crippen LogP contribution in [-0.4, -0.2) is 24.0 Å². The number of likely N-dealkylation sites (tertiary alicyclic amines) is 1. The first kappa shape index (κ1) is 11.7. The number of fused-ring (bicyclic) bond motifs is 1. The Bertz CT molecular complexity index is 530. The lowest BCUT2D eigenvalue weighted by Gasteiger charge is -2.31. The van der Waals surface area contributed by atoms with Gasteiger partial charge in [0.05, 0.1) is 0 Å². The molecule has 0 aromatic heterocycles. The van der Waals surface area contributed by atoms with Crippen LogP contribution < -0.4 is 5.73 Å². The van der Waals surface area contributed by atoms with Crippen molar-refractivity contribution in [1.82, 2.24) is 4.90 Å². The van der Waals surface area contributed by atoms with Crippen molar-refractivity contribution in [3.05, 3.63) is 48.0 Å². The molecule has 0 spiro atoms. The van der Waals surface area contributed by atoms with Crippen LogP contribution in [0.15, 0.2) is 42.5 Å². The minimum absolute atomic E-state index is 0.355. The van der Waals surface area contributed by atoms with Crippen LogP contribution in [-0.2, 0) is 6.54 Å². The summed E-state index contributed by atoms with van der Waals surface area (Å²) in [4.78, 5) is 2.48. The second-order valence-corrected chi connectivity index (χ2v) is 5.28. The first-order valence-corrected chi connectivity index (χ1v) is 6.77. The normalized spacial score (nSPS) is 21.3. The Kier molecular flexibility index (Phi) is 3.31. The molecule has 1 fully saturated rings. The molecule has 2 heteroatoms. The van der Waals surface area contributed by atoms with Crippen molar-refractivity contribution in [3.8, 4) is 0 Å². The topological polar surface area (TPSA) is 29.3 Å². The van der Waals surface area contributed by atoms with E-state index in [1.165, 1.54) is 35.7 Å². The molecule has 2 nitrogen and oxygen atoms in total. The van der Waals surface area contributed by atoms with Crippen molar-refractivity contribution in [2.75, 3.05) is 13.1 Å². The Labute approximate surface area is 108 Å². The van der Waals surface area contributed by atoms with Gasteiger partial charge in [0.2, 0.25) is 0 Å². The first-order valence-electron chi connectivity index (χ1n) is 6.77. The van der Waals surface area contributed by atoms with Gasteiger partial charge in [0, 0.05) is 19.1 Å². The van der Waals surface area contributed by atoms with Gasteiger partial charge in [-0.3, -0.25) is 4.90 Å². The molecule has 2 aromatic carbocycles. The zero-order valence-electron chi connectivity index (χ0n) is 10.7. The molecule has 1 atom stereocenters. The number of rotatable bonds is 2. The van der Waals surface area contributed by atoms with Gasteiger partial charge in [-0.05, 0) is 35.7 Å². The summed E-state index contributed by atoms with van der Waals surface area (Å²) < 4.78 is 0. The van der Waals surface area contributed by atoms with E-state index in [-0.39, 0.29) is 0 Å². The van der Waals surface area contributed by atoms with Crippen molar-refractivity contribution < 1.29 is 0 Å². The molecule has 1 aliphatic heterocycles. The van der Waals surface area contributed by atoms with Gasteiger partial charge in [-0.1, -0.05) is 42.5 Å². The van der Waals surface area contributed by atoms with E-state index in [4.69, 9.17) is 5.73 Å². The van der Waals surface area contributed by atoms with Gasteiger partial charge in [0.15, 0.2) is 0 Å². The summed E-state index contributed by atoms with van der Waals surface area (Å²) in [6.07, 6.45) is 2.40. The molecule has 1 heterocycles. The van der Waals surface area contributed by atoms with E-state index >= 15 is 0 Å². The minimum atomic E-state index is 0.355. The van der Waals surface area contributed by atoms with E-state index in [9.17, 15) is 0 Å². The van der Waals surface area contributed by atoms with E-state index in [2.05, 4.69) is 47.4 Å². The Hall–Kier alpha value is -1.38. The van der Waals surface area contributed by atoms with Gasteiger partial charge in [0.1, 0.15) is 0 Å². The van der Waals surface area contributed by atoms with E-state index in [0.717, 1.165) is 13.1 Å². The highest BCUT2D eigenvalue weighted by Crippen LogP contribution is 2.21. The molecule has 0 radical (unpaired) electrons. The van der Waals surface area contributed by atoms with Crippen LogP contribution >= 0.6 is 0 Å². The van der Waals surface area contributed by atoms with Gasteiger partial charge in [-0.2, -0.15) is 0 Å². The Morgan fingerprint density at radius 2 is 1.94 bits per heavy atom. The third-order valence-electron chi connectivity index (χ3n) is 3.82. The molecular weight excluding hydrogens is 220 g/mol. The number of benzene rings is 2. The van der Waals surface area contributed by atoms with Crippen molar-refractivity contribution >= 4 is 10.8 Å². The SMILES string of the molecule is NC1CCCN(Cc2cccc3ccccc23)C1. The summed E-state index contributed by atoms with van der Waals surface area (Å²) in [5.41, 5.74) is 7.47. The lowest BCUT2D eigenvalue weighted by Crippen LogP contribution is -2.42. The molecule has 94 valence electrons. The maximum absolute atomic E-state index is 6.05. The summed E-state index contributed by atoms with van der Waals surface area (Å²) >= 11 is 0. The number of nitrogens with two attached hydrogens (primary N) is 1. The van der Waals surface area contributed by atoms with E-state index in [1.54, 1.807) is 0 Å². The van der Waals surface area contributed by atoms with Crippen molar-refractivity contribution in [1.29, 1.82) is 0 Å². The van der Waals surface area contributed by atoms with Gasteiger partial charge in [-0.15, -0.1) is 0 Å². The Morgan fingerprint density at radius 1 is 1.11 bits per heavy atom. The van der Waals surface area contributed by atoms with E-state index in [1.807, 2.05) is 0 Å². The van der Waals surface area contributed by atoms with Crippen molar-refractivity contribution in [3.63, 3.8) is 0 Å². The summed E-state index contributed by atoms with van der Waals surface area (Å²) in [7, 11) is 0. The summed E-state index contributed by atoms with van der Waals surface area (Å²) in [5, 5.41) is 2.70. The van der Waals surface area contributed by atoms with Crippen LogP contribution in [0.5, 0.6) is 0 Å². The lowest BCUT2D eigenvalue weighted by molar-refractivity contribution is 0.202. The minimum Gasteiger partial charge on any atom is -0.327 e. The third kappa shape index (κ3) is 2.40. The fourth-order valence-electron chi connectivity index (χ4n) is 2.91. The first-order chi connectivity index (χ1) is 8.83. The largest absolute Gasteiger partial charge is 0.327 e. The Morgan fingerprint density at radius 3 is 2.83 bits per heavy atom. The maximum Gasteiger partial charge on any atom is 0.0240 e. The summed E-state index contributed by atoms with van der Waals surface area (Å²) in [6, 6.07) is 15.5. The van der Waals surface area contributed by atoms with Crippen LogP contribution in [0.2, 0.25) is 0 Å². The summed E-state index contributed by atoms with van der Waals surface area (Å²) in [5.74, 6) is 0. The fraction of sp³-hybridized carbons (Fsp3) is 0.375. The molecule has 3 rings (SSSR count). The van der Waals surface area contributed by atoms with Crippen LogP contribution in [0, 0.1) is 0 Å². The molecular formula is C16H20N2. The second kappa shape index (κ2) is 5.09. The molecule has 2 N–H and O–H groups in total. The molecule has 2 aromatic rings. The van der Waals surface area contributed by atoms with Gasteiger partial charge < -0.3 is 5.73 Å². The number of piperidine rings is 1. The molecule has 1 unspecified atom stereocenters. The zero-order valence-corrected chi connectivity index (χ0v) is 10.7. The average Bonchev–Trinajstić information content (AvgIpc) is 2.39. The van der Waals surface area contributed by atoms with Crippen LogP contribution in [0.3, 0.4) is 0 Å². The zero-order chi connectivity index (χ0) is 12.4. The maximum atomic E-state index is 6.05. The highest BCUT2D eigenvalue weighted by Gasteiger charge is 2.17. The molecule has 18 heavy (non-hydrogen) atoms. The molecule has 0 amide bonds. The fourth-order valence-corrected chi connectivity index (χ4v) is 2.91. The smallest absolute Gasteiger partial charge is 0.0240 e. The molecule has 1 aliphatic rings. The molecule has 0 aliphatic carbocycles. The van der Waals surface area contributed by atoms with Crippen molar-refractivity contribution in [2.24, 2.45) is 5.73 Å².